The van der Waals surface area contributed by atoms with Gasteiger partial charge in [-0.3, -0.25) is 0 Å². The average Bonchev–Trinajstić information content (AvgIpc) is 2.34. The number of nitrogens with two attached hydrogens (primary N) is 1. The maximum Gasteiger partial charge on any atom is 0.312 e. The fourth-order valence-electron chi connectivity index (χ4n) is 1.47. The fraction of sp³-hybridized carbons (Fsp3) is 0.714. The van der Waals surface area contributed by atoms with Gasteiger partial charge < -0.3 is 11.1 Å². The first-order valence-corrected chi connectivity index (χ1v) is 3.69. The Hall–Kier alpha value is -1.24. The molecule has 4 heteroatoms. The number of rotatable bonds is 1. The Morgan fingerprint density at radius 1 is 1.64 bits per heavy atom. The summed E-state index contributed by atoms with van der Waals surface area (Å²) < 4.78 is 0. The van der Waals surface area contributed by atoms with Gasteiger partial charge in [-0.05, 0) is 19.3 Å². The number of amides is 2. The van der Waals surface area contributed by atoms with Gasteiger partial charge in [0, 0.05) is 6.04 Å². The monoisotopic (exact) mass is 153 g/mol. The van der Waals surface area contributed by atoms with Gasteiger partial charge in [0.1, 0.15) is 0 Å². The molecule has 2 atom stereocenters. The summed E-state index contributed by atoms with van der Waals surface area (Å²) in [6.45, 7) is 0. The van der Waals surface area contributed by atoms with Crippen molar-refractivity contribution in [2.45, 2.75) is 25.3 Å². The van der Waals surface area contributed by atoms with Crippen molar-refractivity contribution in [2.75, 3.05) is 0 Å². The number of primary amides is 1. The van der Waals surface area contributed by atoms with Crippen molar-refractivity contribution >= 4 is 6.03 Å². The predicted octanol–water partition coefficient (Wildman–Crippen LogP) is 0.347. The van der Waals surface area contributed by atoms with E-state index in [1.807, 2.05) is 0 Å². The summed E-state index contributed by atoms with van der Waals surface area (Å²) in [4.78, 5) is 10.4. The van der Waals surface area contributed by atoms with Crippen LogP contribution < -0.4 is 11.1 Å². The highest BCUT2D eigenvalue weighted by Gasteiger charge is 2.27. The van der Waals surface area contributed by atoms with Gasteiger partial charge in [0.25, 0.3) is 0 Å². The van der Waals surface area contributed by atoms with Crippen molar-refractivity contribution in [3.8, 4) is 6.07 Å². The van der Waals surface area contributed by atoms with Gasteiger partial charge in [0.15, 0.2) is 0 Å². The molecule has 0 bridgehead atoms. The third-order valence-electron chi connectivity index (χ3n) is 2.01. The maximum absolute atomic E-state index is 10.4. The van der Waals surface area contributed by atoms with Crippen LogP contribution in [0.2, 0.25) is 0 Å². The number of carbonyl (C=O) groups excluding carboxylic acids is 1. The molecule has 0 spiro atoms. The first-order chi connectivity index (χ1) is 5.24. The lowest BCUT2D eigenvalue weighted by Gasteiger charge is -2.12. The summed E-state index contributed by atoms with van der Waals surface area (Å²) in [7, 11) is 0. The maximum atomic E-state index is 10.4. The van der Waals surface area contributed by atoms with Gasteiger partial charge in [0.2, 0.25) is 0 Å². The van der Waals surface area contributed by atoms with Crippen molar-refractivity contribution < 1.29 is 4.79 Å². The molecule has 1 saturated carbocycles. The van der Waals surface area contributed by atoms with Crippen molar-refractivity contribution in [3.05, 3.63) is 0 Å². The van der Waals surface area contributed by atoms with Gasteiger partial charge in [-0.1, -0.05) is 0 Å². The van der Waals surface area contributed by atoms with Crippen LogP contribution in [0.4, 0.5) is 4.79 Å². The molecule has 2 amide bonds. The molecular weight excluding hydrogens is 142 g/mol. The van der Waals surface area contributed by atoms with E-state index in [4.69, 9.17) is 11.0 Å². The second-order valence-electron chi connectivity index (χ2n) is 2.78. The minimum Gasteiger partial charge on any atom is -0.352 e. The van der Waals surface area contributed by atoms with Gasteiger partial charge >= 0.3 is 6.03 Å². The SMILES string of the molecule is N#CC1CCCC1NC(N)=O. The summed E-state index contributed by atoms with van der Waals surface area (Å²) in [5.41, 5.74) is 4.93. The Morgan fingerprint density at radius 2 is 2.36 bits per heavy atom. The normalized spacial score (nSPS) is 29.4. The molecule has 1 rings (SSSR count). The standard InChI is InChI=1S/C7H11N3O/c8-4-5-2-1-3-6(5)10-7(9)11/h5-6H,1-3H2,(H3,9,10,11). The van der Waals surface area contributed by atoms with Crippen molar-refractivity contribution in [2.24, 2.45) is 11.7 Å². The van der Waals surface area contributed by atoms with E-state index in [9.17, 15) is 4.79 Å². The smallest absolute Gasteiger partial charge is 0.312 e. The molecule has 0 aromatic rings. The summed E-state index contributed by atoms with van der Waals surface area (Å²) in [5.74, 6) is -0.0394. The van der Waals surface area contributed by atoms with Crippen LogP contribution in [0.3, 0.4) is 0 Å². The Balaban J connectivity index is 2.45. The van der Waals surface area contributed by atoms with Gasteiger partial charge in [-0.2, -0.15) is 5.26 Å². The third-order valence-corrected chi connectivity index (χ3v) is 2.01. The number of nitriles is 1. The Morgan fingerprint density at radius 3 is 2.91 bits per heavy atom. The zero-order valence-electron chi connectivity index (χ0n) is 6.21. The van der Waals surface area contributed by atoms with Crippen LogP contribution in [-0.2, 0) is 0 Å². The minimum absolute atomic E-state index is 0.0162. The first kappa shape index (κ1) is 7.86. The topological polar surface area (TPSA) is 78.9 Å². The van der Waals surface area contributed by atoms with E-state index >= 15 is 0 Å². The Kier molecular flexibility index (Phi) is 2.32. The van der Waals surface area contributed by atoms with E-state index in [1.165, 1.54) is 0 Å². The molecule has 0 radical (unpaired) electrons. The van der Waals surface area contributed by atoms with Crippen molar-refractivity contribution in [1.29, 1.82) is 5.26 Å². The number of hydrogen-bond acceptors (Lipinski definition) is 2. The summed E-state index contributed by atoms with van der Waals surface area (Å²) in [6, 6.07) is 1.60. The highest BCUT2D eigenvalue weighted by Crippen LogP contribution is 2.24. The van der Waals surface area contributed by atoms with E-state index in [1.54, 1.807) is 0 Å². The van der Waals surface area contributed by atoms with Crippen molar-refractivity contribution in [1.82, 2.24) is 5.32 Å². The summed E-state index contributed by atoms with van der Waals surface area (Å²) in [6.07, 6.45) is 2.76. The number of nitrogens with one attached hydrogen (secondary N) is 1. The molecule has 1 aliphatic rings. The van der Waals surface area contributed by atoms with Crippen LogP contribution in [0, 0.1) is 17.2 Å². The van der Waals surface area contributed by atoms with E-state index in [2.05, 4.69) is 11.4 Å². The summed E-state index contributed by atoms with van der Waals surface area (Å²) in [5, 5.41) is 11.2. The molecule has 0 aliphatic heterocycles. The lowest BCUT2D eigenvalue weighted by molar-refractivity contribution is 0.244. The molecular formula is C7H11N3O. The molecule has 1 fully saturated rings. The average molecular weight is 153 g/mol. The van der Waals surface area contributed by atoms with E-state index in [0.29, 0.717) is 0 Å². The highest BCUT2D eigenvalue weighted by atomic mass is 16.2. The van der Waals surface area contributed by atoms with E-state index in [0.717, 1.165) is 19.3 Å². The predicted molar refractivity (Wildman–Crippen MR) is 39.5 cm³/mol. The zero-order valence-corrected chi connectivity index (χ0v) is 6.21. The molecule has 0 saturated heterocycles. The van der Waals surface area contributed by atoms with Gasteiger partial charge in [0.05, 0.1) is 12.0 Å². The quantitative estimate of drug-likeness (QED) is 0.570. The lowest BCUT2D eigenvalue weighted by atomic mass is 10.1. The lowest BCUT2D eigenvalue weighted by Crippen LogP contribution is -2.40. The van der Waals surface area contributed by atoms with Crippen LogP contribution in [-0.4, -0.2) is 12.1 Å². The third kappa shape index (κ3) is 1.84. The fourth-order valence-corrected chi connectivity index (χ4v) is 1.47. The van der Waals surface area contributed by atoms with E-state index < -0.39 is 6.03 Å². The second kappa shape index (κ2) is 3.24. The van der Waals surface area contributed by atoms with Crippen LogP contribution >= 0.6 is 0 Å². The van der Waals surface area contributed by atoms with E-state index in [-0.39, 0.29) is 12.0 Å². The number of urea groups is 1. The molecule has 4 nitrogen and oxygen atoms in total. The van der Waals surface area contributed by atoms with Gasteiger partial charge in [-0.15, -0.1) is 0 Å². The van der Waals surface area contributed by atoms with Crippen molar-refractivity contribution in [3.63, 3.8) is 0 Å². The second-order valence-corrected chi connectivity index (χ2v) is 2.78. The zero-order chi connectivity index (χ0) is 8.27. The van der Waals surface area contributed by atoms with Crippen LogP contribution in [0.1, 0.15) is 19.3 Å². The van der Waals surface area contributed by atoms with Crippen LogP contribution in [0.5, 0.6) is 0 Å². The highest BCUT2D eigenvalue weighted by molar-refractivity contribution is 5.72. The Bertz CT molecular complexity index is 196. The molecule has 0 heterocycles. The molecule has 0 aromatic carbocycles. The van der Waals surface area contributed by atoms with Crippen LogP contribution in [0.25, 0.3) is 0 Å². The largest absolute Gasteiger partial charge is 0.352 e. The van der Waals surface area contributed by atoms with Crippen LogP contribution in [0.15, 0.2) is 0 Å². The molecule has 2 unspecified atom stereocenters. The molecule has 0 aromatic heterocycles. The summed E-state index contributed by atoms with van der Waals surface area (Å²) >= 11 is 0. The number of nitrogens with zero attached hydrogens (tertiary/aromatic N) is 1. The molecule has 11 heavy (non-hydrogen) atoms. The molecule has 60 valence electrons. The first-order valence-electron chi connectivity index (χ1n) is 3.69. The number of carbonyl (C=O) groups is 1. The minimum atomic E-state index is -0.530. The Labute approximate surface area is 65.4 Å². The molecule has 3 N–H and O–H groups in total. The number of hydrogen-bond donors (Lipinski definition) is 2. The van der Waals surface area contributed by atoms with Gasteiger partial charge in [-0.25, -0.2) is 4.79 Å². The molecule has 1 aliphatic carbocycles.